The lowest BCUT2D eigenvalue weighted by Crippen LogP contribution is -2.14. The standard InChI is InChI=1S/C13H24N2/c1-11(2)8-9-14-15(4)12(3)10-13-6-5-7-13/h9-11,13H,5-8H2,1-4H3/b12-10+,14-9+. The number of hydrogen-bond acceptors (Lipinski definition) is 2. The van der Waals surface area contributed by atoms with Gasteiger partial charge in [0, 0.05) is 19.0 Å². The van der Waals surface area contributed by atoms with Crippen LogP contribution < -0.4 is 0 Å². The Morgan fingerprint density at radius 2 is 2.13 bits per heavy atom. The maximum Gasteiger partial charge on any atom is 0.0299 e. The Balaban J connectivity index is 2.34. The van der Waals surface area contributed by atoms with E-state index < -0.39 is 0 Å². The van der Waals surface area contributed by atoms with Crippen molar-refractivity contribution in [2.45, 2.75) is 46.5 Å². The molecule has 0 aliphatic heterocycles. The minimum absolute atomic E-state index is 0.693. The minimum Gasteiger partial charge on any atom is -0.274 e. The quantitative estimate of drug-likeness (QED) is 0.497. The van der Waals surface area contributed by atoms with E-state index in [-0.39, 0.29) is 0 Å². The van der Waals surface area contributed by atoms with Crippen molar-refractivity contribution in [3.8, 4) is 0 Å². The van der Waals surface area contributed by atoms with Gasteiger partial charge in [0.15, 0.2) is 0 Å². The molecule has 1 fully saturated rings. The highest BCUT2D eigenvalue weighted by atomic mass is 15.4. The van der Waals surface area contributed by atoms with E-state index in [4.69, 9.17) is 0 Å². The molecule has 0 radical (unpaired) electrons. The lowest BCUT2D eigenvalue weighted by Gasteiger charge is -2.24. The summed E-state index contributed by atoms with van der Waals surface area (Å²) in [6.45, 7) is 6.57. The first-order valence-electron chi connectivity index (χ1n) is 6.04. The average molecular weight is 208 g/mol. The largest absolute Gasteiger partial charge is 0.274 e. The van der Waals surface area contributed by atoms with Crippen LogP contribution >= 0.6 is 0 Å². The molecule has 0 aromatic rings. The monoisotopic (exact) mass is 208 g/mol. The summed E-state index contributed by atoms with van der Waals surface area (Å²) in [4.78, 5) is 0. The van der Waals surface area contributed by atoms with E-state index in [1.54, 1.807) is 0 Å². The zero-order valence-corrected chi connectivity index (χ0v) is 10.5. The molecule has 0 spiro atoms. The van der Waals surface area contributed by atoms with Crippen LogP contribution in [-0.2, 0) is 0 Å². The number of rotatable bonds is 5. The molecule has 1 saturated carbocycles. The topological polar surface area (TPSA) is 15.6 Å². The first-order valence-corrected chi connectivity index (χ1v) is 6.04. The van der Waals surface area contributed by atoms with Crippen molar-refractivity contribution in [2.24, 2.45) is 16.9 Å². The molecular formula is C13H24N2. The van der Waals surface area contributed by atoms with Crippen molar-refractivity contribution in [1.29, 1.82) is 0 Å². The van der Waals surface area contributed by atoms with Crippen molar-refractivity contribution >= 4 is 6.21 Å². The maximum absolute atomic E-state index is 4.42. The van der Waals surface area contributed by atoms with E-state index in [1.165, 1.54) is 25.0 Å². The third-order valence-corrected chi connectivity index (χ3v) is 2.97. The number of hydrazone groups is 1. The molecule has 2 heteroatoms. The number of hydrogen-bond donors (Lipinski definition) is 0. The predicted molar refractivity (Wildman–Crippen MR) is 66.8 cm³/mol. The molecule has 15 heavy (non-hydrogen) atoms. The first kappa shape index (κ1) is 12.3. The van der Waals surface area contributed by atoms with Gasteiger partial charge in [0.05, 0.1) is 0 Å². The van der Waals surface area contributed by atoms with Gasteiger partial charge in [-0.1, -0.05) is 26.3 Å². The third kappa shape index (κ3) is 4.50. The van der Waals surface area contributed by atoms with Crippen LogP contribution in [-0.4, -0.2) is 18.3 Å². The fourth-order valence-electron chi connectivity index (χ4n) is 1.53. The van der Waals surface area contributed by atoms with Crippen molar-refractivity contribution in [3.05, 3.63) is 11.8 Å². The molecule has 0 saturated heterocycles. The fraction of sp³-hybridized carbons (Fsp3) is 0.769. The van der Waals surface area contributed by atoms with Crippen LogP contribution in [0.25, 0.3) is 0 Å². The van der Waals surface area contributed by atoms with Gasteiger partial charge in [0.1, 0.15) is 0 Å². The summed E-state index contributed by atoms with van der Waals surface area (Å²) in [5.41, 5.74) is 1.28. The Morgan fingerprint density at radius 3 is 2.60 bits per heavy atom. The number of allylic oxidation sites excluding steroid dienone is 2. The van der Waals surface area contributed by atoms with Gasteiger partial charge in [-0.2, -0.15) is 5.10 Å². The molecule has 1 rings (SSSR count). The van der Waals surface area contributed by atoms with Crippen molar-refractivity contribution in [3.63, 3.8) is 0 Å². The molecule has 0 unspecified atom stereocenters. The second-order valence-corrected chi connectivity index (χ2v) is 4.95. The highest BCUT2D eigenvalue weighted by Gasteiger charge is 2.15. The minimum atomic E-state index is 0.693. The summed E-state index contributed by atoms with van der Waals surface area (Å²) in [5, 5.41) is 6.40. The molecular weight excluding hydrogens is 184 g/mol. The average Bonchev–Trinajstić information content (AvgIpc) is 2.10. The van der Waals surface area contributed by atoms with E-state index in [2.05, 4.69) is 31.9 Å². The van der Waals surface area contributed by atoms with Crippen LogP contribution in [0.1, 0.15) is 46.5 Å². The van der Waals surface area contributed by atoms with Crippen LogP contribution in [0.4, 0.5) is 0 Å². The number of nitrogens with zero attached hydrogens (tertiary/aromatic N) is 2. The smallest absolute Gasteiger partial charge is 0.0299 e. The van der Waals surface area contributed by atoms with Crippen molar-refractivity contribution < 1.29 is 0 Å². The summed E-state index contributed by atoms with van der Waals surface area (Å²) in [5.74, 6) is 1.51. The van der Waals surface area contributed by atoms with E-state index in [1.807, 2.05) is 18.3 Å². The zero-order valence-electron chi connectivity index (χ0n) is 10.5. The molecule has 0 N–H and O–H groups in total. The molecule has 2 nitrogen and oxygen atoms in total. The SMILES string of the molecule is C/C(=C\C1CCC1)N(C)/N=C/CC(C)C. The van der Waals surface area contributed by atoms with Gasteiger partial charge in [-0.15, -0.1) is 0 Å². The normalized spacial score (nSPS) is 18.6. The van der Waals surface area contributed by atoms with Gasteiger partial charge in [-0.3, -0.25) is 5.01 Å². The molecule has 86 valence electrons. The zero-order chi connectivity index (χ0) is 11.3. The van der Waals surface area contributed by atoms with Crippen molar-refractivity contribution in [2.75, 3.05) is 7.05 Å². The predicted octanol–water partition coefficient (Wildman–Crippen LogP) is 3.65. The Hall–Kier alpha value is -0.790. The summed E-state index contributed by atoms with van der Waals surface area (Å²) < 4.78 is 0. The van der Waals surface area contributed by atoms with Gasteiger partial charge >= 0.3 is 0 Å². The molecule has 1 aliphatic rings. The maximum atomic E-state index is 4.42. The molecule has 0 aromatic heterocycles. The first-order chi connectivity index (χ1) is 7.09. The Bertz CT molecular complexity index is 237. The van der Waals surface area contributed by atoms with Crippen LogP contribution in [0.5, 0.6) is 0 Å². The van der Waals surface area contributed by atoms with Crippen LogP contribution in [0.3, 0.4) is 0 Å². The van der Waals surface area contributed by atoms with Crippen LogP contribution in [0, 0.1) is 11.8 Å². The fourth-order valence-corrected chi connectivity index (χ4v) is 1.53. The van der Waals surface area contributed by atoms with Crippen LogP contribution in [0.15, 0.2) is 16.9 Å². The second kappa shape index (κ2) is 5.94. The molecule has 0 amide bonds. The van der Waals surface area contributed by atoms with Gasteiger partial charge in [-0.25, -0.2) is 0 Å². The molecule has 0 aromatic carbocycles. The lowest BCUT2D eigenvalue weighted by atomic mass is 9.85. The molecule has 0 heterocycles. The van der Waals surface area contributed by atoms with Gasteiger partial charge < -0.3 is 0 Å². The lowest BCUT2D eigenvalue weighted by molar-refractivity contribution is 0.369. The highest BCUT2D eigenvalue weighted by Crippen LogP contribution is 2.28. The highest BCUT2D eigenvalue weighted by molar-refractivity contribution is 5.57. The molecule has 1 aliphatic carbocycles. The van der Waals surface area contributed by atoms with Gasteiger partial charge in [-0.05, 0) is 38.0 Å². The Labute approximate surface area is 94.0 Å². The second-order valence-electron chi connectivity index (χ2n) is 4.95. The summed E-state index contributed by atoms with van der Waals surface area (Å²) in [6.07, 6.45) is 9.55. The summed E-state index contributed by atoms with van der Waals surface area (Å²) >= 11 is 0. The van der Waals surface area contributed by atoms with E-state index in [0.717, 1.165) is 12.3 Å². The summed E-state index contributed by atoms with van der Waals surface area (Å²) in [7, 11) is 2.03. The summed E-state index contributed by atoms with van der Waals surface area (Å²) in [6, 6.07) is 0. The van der Waals surface area contributed by atoms with E-state index in [9.17, 15) is 0 Å². The Kier molecular flexibility index (Phi) is 4.86. The van der Waals surface area contributed by atoms with Crippen LogP contribution in [0.2, 0.25) is 0 Å². The van der Waals surface area contributed by atoms with E-state index >= 15 is 0 Å². The van der Waals surface area contributed by atoms with E-state index in [0.29, 0.717) is 5.92 Å². The van der Waals surface area contributed by atoms with Gasteiger partial charge in [0.2, 0.25) is 0 Å². The Morgan fingerprint density at radius 1 is 1.47 bits per heavy atom. The van der Waals surface area contributed by atoms with Crippen molar-refractivity contribution in [1.82, 2.24) is 5.01 Å². The molecule has 0 atom stereocenters. The van der Waals surface area contributed by atoms with Gasteiger partial charge in [0.25, 0.3) is 0 Å². The molecule has 0 bridgehead atoms. The third-order valence-electron chi connectivity index (χ3n) is 2.97.